The zero-order chi connectivity index (χ0) is 20.5. The van der Waals surface area contributed by atoms with Crippen molar-refractivity contribution in [3.05, 3.63) is 70.2 Å². The molecular weight excluding hydrogens is 434 g/mol. The number of ether oxygens (including phenoxy) is 1. The number of amides is 2. The van der Waals surface area contributed by atoms with Gasteiger partial charge in [0.1, 0.15) is 5.75 Å². The van der Waals surface area contributed by atoms with Crippen molar-refractivity contribution in [2.75, 3.05) is 11.5 Å². The van der Waals surface area contributed by atoms with Gasteiger partial charge in [0.05, 0.1) is 17.5 Å². The van der Waals surface area contributed by atoms with Crippen molar-refractivity contribution >= 4 is 39.2 Å². The summed E-state index contributed by atoms with van der Waals surface area (Å²) < 4.78 is 6.63. The first-order valence-electron chi connectivity index (χ1n) is 9.49. The van der Waals surface area contributed by atoms with Gasteiger partial charge in [0.25, 0.3) is 0 Å². The van der Waals surface area contributed by atoms with E-state index in [1.165, 1.54) is 4.90 Å². The third kappa shape index (κ3) is 3.77. The van der Waals surface area contributed by atoms with E-state index in [1.807, 2.05) is 13.0 Å². The largest absolute Gasteiger partial charge is 0.483 e. The predicted molar refractivity (Wildman–Crippen MR) is 113 cm³/mol. The van der Waals surface area contributed by atoms with E-state index in [-0.39, 0.29) is 36.0 Å². The lowest BCUT2D eigenvalue weighted by Gasteiger charge is -2.19. The second kappa shape index (κ2) is 7.95. The van der Waals surface area contributed by atoms with E-state index < -0.39 is 0 Å². The number of halogens is 1. The van der Waals surface area contributed by atoms with Gasteiger partial charge in [0, 0.05) is 10.0 Å². The van der Waals surface area contributed by atoms with Crippen LogP contribution in [-0.2, 0) is 9.59 Å². The van der Waals surface area contributed by atoms with Crippen molar-refractivity contribution in [3.8, 4) is 5.75 Å². The number of para-hydroxylation sites is 2. The fraction of sp³-hybridized carbons (Fsp3) is 0.261. The van der Waals surface area contributed by atoms with E-state index in [4.69, 9.17) is 4.74 Å². The van der Waals surface area contributed by atoms with Crippen molar-refractivity contribution in [1.82, 2.24) is 0 Å². The van der Waals surface area contributed by atoms with Crippen molar-refractivity contribution in [1.29, 1.82) is 0 Å². The van der Waals surface area contributed by atoms with Crippen LogP contribution in [-0.4, -0.2) is 24.2 Å². The lowest BCUT2D eigenvalue weighted by atomic mass is 9.82. The number of hydrogen-bond donors (Lipinski definition) is 0. The van der Waals surface area contributed by atoms with Crippen LogP contribution in [0.2, 0.25) is 0 Å². The van der Waals surface area contributed by atoms with Crippen LogP contribution >= 0.6 is 15.9 Å². The lowest BCUT2D eigenvalue weighted by molar-refractivity contribution is -0.122. The molecule has 4 rings (SSSR count). The lowest BCUT2D eigenvalue weighted by Crippen LogP contribution is -2.31. The molecule has 1 heterocycles. The number of ketones is 1. The third-order valence-corrected chi connectivity index (χ3v) is 5.98. The van der Waals surface area contributed by atoms with Gasteiger partial charge in [0.2, 0.25) is 11.8 Å². The summed E-state index contributed by atoms with van der Waals surface area (Å²) in [5.74, 6) is -0.849. The van der Waals surface area contributed by atoms with Crippen LogP contribution in [0, 0.1) is 11.8 Å². The van der Waals surface area contributed by atoms with Crippen molar-refractivity contribution in [3.63, 3.8) is 0 Å². The second-order valence-corrected chi connectivity index (χ2v) is 8.32. The minimum Gasteiger partial charge on any atom is -0.483 e. The Morgan fingerprint density at radius 3 is 2.52 bits per heavy atom. The summed E-state index contributed by atoms with van der Waals surface area (Å²) in [6, 6.07) is 13.9. The molecule has 0 saturated carbocycles. The molecule has 2 aliphatic rings. The molecule has 0 bridgehead atoms. The van der Waals surface area contributed by atoms with E-state index in [1.54, 1.807) is 48.5 Å². The summed E-state index contributed by atoms with van der Waals surface area (Å²) in [7, 11) is 0. The smallest absolute Gasteiger partial charge is 0.238 e. The third-order valence-electron chi connectivity index (χ3n) is 5.45. The van der Waals surface area contributed by atoms with E-state index >= 15 is 0 Å². The average molecular weight is 454 g/mol. The SMILES string of the molecule is CC1=CC[C@H]2C(=O)N(c3ccccc3OCC(=O)c3ccc(Br)cc3)C(=O)[C@H]2C1. The van der Waals surface area contributed by atoms with Gasteiger partial charge in [-0.2, -0.15) is 0 Å². The Bertz CT molecular complexity index is 1010. The summed E-state index contributed by atoms with van der Waals surface area (Å²) in [5.41, 5.74) is 2.07. The molecule has 2 atom stereocenters. The molecule has 1 aliphatic heterocycles. The number of carbonyl (C=O) groups is 3. The van der Waals surface area contributed by atoms with Crippen LogP contribution in [0.3, 0.4) is 0 Å². The van der Waals surface area contributed by atoms with Crippen LogP contribution in [0.15, 0.2) is 64.7 Å². The van der Waals surface area contributed by atoms with E-state index in [0.717, 1.165) is 10.0 Å². The number of fused-ring (bicyclic) bond motifs is 1. The number of benzene rings is 2. The molecule has 1 fully saturated rings. The highest BCUT2D eigenvalue weighted by Gasteiger charge is 2.49. The monoisotopic (exact) mass is 453 g/mol. The molecule has 0 unspecified atom stereocenters. The van der Waals surface area contributed by atoms with Crippen LogP contribution in [0.4, 0.5) is 5.69 Å². The minimum absolute atomic E-state index is 0.178. The molecule has 2 amide bonds. The molecule has 0 radical (unpaired) electrons. The summed E-state index contributed by atoms with van der Waals surface area (Å²) in [4.78, 5) is 39.6. The minimum atomic E-state index is -0.316. The van der Waals surface area contributed by atoms with Crippen molar-refractivity contribution in [2.45, 2.75) is 19.8 Å². The van der Waals surface area contributed by atoms with E-state index in [9.17, 15) is 14.4 Å². The number of imide groups is 1. The normalized spacial score (nSPS) is 21.0. The molecule has 0 spiro atoms. The number of hydrogen-bond acceptors (Lipinski definition) is 4. The van der Waals surface area contributed by atoms with Gasteiger partial charge in [-0.1, -0.05) is 51.8 Å². The van der Waals surface area contributed by atoms with Crippen LogP contribution in [0.25, 0.3) is 0 Å². The van der Waals surface area contributed by atoms with Gasteiger partial charge in [-0.3, -0.25) is 14.4 Å². The molecule has 2 aromatic rings. The van der Waals surface area contributed by atoms with Gasteiger partial charge >= 0.3 is 0 Å². The first-order chi connectivity index (χ1) is 14.0. The Labute approximate surface area is 177 Å². The second-order valence-electron chi connectivity index (χ2n) is 7.40. The van der Waals surface area contributed by atoms with Crippen molar-refractivity contribution < 1.29 is 19.1 Å². The number of anilines is 1. The fourth-order valence-electron chi connectivity index (χ4n) is 3.90. The average Bonchev–Trinajstić information content (AvgIpc) is 2.96. The van der Waals surface area contributed by atoms with Gasteiger partial charge in [-0.15, -0.1) is 0 Å². The number of allylic oxidation sites excluding steroid dienone is 2. The zero-order valence-electron chi connectivity index (χ0n) is 15.9. The van der Waals surface area contributed by atoms with E-state index in [2.05, 4.69) is 15.9 Å². The summed E-state index contributed by atoms with van der Waals surface area (Å²) >= 11 is 3.34. The molecule has 148 valence electrons. The Morgan fingerprint density at radius 2 is 1.76 bits per heavy atom. The predicted octanol–water partition coefficient (Wildman–Crippen LogP) is 4.56. The van der Waals surface area contributed by atoms with Crippen molar-refractivity contribution in [2.24, 2.45) is 11.8 Å². The zero-order valence-corrected chi connectivity index (χ0v) is 17.5. The Hall–Kier alpha value is -2.73. The molecular formula is C23H20BrNO4. The molecule has 1 aliphatic carbocycles. The topological polar surface area (TPSA) is 63.7 Å². The Kier molecular flexibility index (Phi) is 5.37. The molecule has 5 nitrogen and oxygen atoms in total. The fourth-order valence-corrected chi connectivity index (χ4v) is 4.17. The first kappa shape index (κ1) is 19.6. The molecule has 2 aromatic carbocycles. The standard InChI is InChI=1S/C23H20BrNO4/c1-14-6-11-17-18(12-14)23(28)25(22(17)27)19-4-2-3-5-21(19)29-13-20(26)15-7-9-16(24)10-8-15/h2-10,17-18H,11-13H2,1H3/t17-,18+/m1/s1. The first-order valence-corrected chi connectivity index (χ1v) is 10.3. The Morgan fingerprint density at radius 1 is 1.07 bits per heavy atom. The Balaban J connectivity index is 1.54. The van der Waals surface area contributed by atoms with Gasteiger partial charge < -0.3 is 4.74 Å². The molecule has 0 N–H and O–H groups in total. The van der Waals surface area contributed by atoms with Crippen LogP contribution in [0.5, 0.6) is 5.75 Å². The van der Waals surface area contributed by atoms with Gasteiger partial charge in [-0.05, 0) is 44.0 Å². The summed E-state index contributed by atoms with van der Waals surface area (Å²) in [6.45, 7) is 1.81. The number of Topliss-reactive ketones (excluding diaryl/α,β-unsaturated/α-hetero) is 1. The van der Waals surface area contributed by atoms with Crippen LogP contribution in [0.1, 0.15) is 30.1 Å². The highest BCUT2D eigenvalue weighted by Crippen LogP contribution is 2.42. The number of nitrogens with zero attached hydrogens (tertiary/aromatic N) is 1. The molecule has 0 aromatic heterocycles. The maximum Gasteiger partial charge on any atom is 0.238 e. The molecule has 1 saturated heterocycles. The van der Waals surface area contributed by atoms with Crippen LogP contribution < -0.4 is 9.64 Å². The maximum absolute atomic E-state index is 13.0. The quantitative estimate of drug-likeness (QED) is 0.378. The molecule has 6 heteroatoms. The van der Waals surface area contributed by atoms with Gasteiger partial charge in [-0.25, -0.2) is 4.90 Å². The highest BCUT2D eigenvalue weighted by molar-refractivity contribution is 9.10. The maximum atomic E-state index is 13.0. The summed E-state index contributed by atoms with van der Waals surface area (Å²) in [5, 5.41) is 0. The number of carbonyl (C=O) groups excluding carboxylic acids is 3. The van der Waals surface area contributed by atoms with Gasteiger partial charge in [0.15, 0.2) is 12.4 Å². The highest BCUT2D eigenvalue weighted by atomic mass is 79.9. The number of rotatable bonds is 5. The van der Waals surface area contributed by atoms with E-state index in [0.29, 0.717) is 29.8 Å². The molecule has 29 heavy (non-hydrogen) atoms. The summed E-state index contributed by atoms with van der Waals surface area (Å²) in [6.07, 6.45) is 3.23.